The second kappa shape index (κ2) is 6.85. The van der Waals surface area contributed by atoms with Gasteiger partial charge in [0.15, 0.2) is 9.84 Å². The fourth-order valence-electron chi connectivity index (χ4n) is 2.82. The molecule has 7 heteroatoms. The molecule has 1 aliphatic heterocycles. The molecule has 118 valence electrons. The lowest BCUT2D eigenvalue weighted by Gasteiger charge is -2.36. The summed E-state index contributed by atoms with van der Waals surface area (Å²) in [4.78, 5) is 0. The van der Waals surface area contributed by atoms with Gasteiger partial charge >= 0.3 is 0 Å². The molecule has 2 nitrogen and oxygen atoms in total. The first kappa shape index (κ1) is 17.7. The van der Waals surface area contributed by atoms with Crippen molar-refractivity contribution in [1.82, 2.24) is 0 Å². The summed E-state index contributed by atoms with van der Waals surface area (Å²) in [6, 6.07) is 4.63. The molecule has 1 aromatic rings. The zero-order valence-electron chi connectivity index (χ0n) is 11.3. The van der Waals surface area contributed by atoms with Gasteiger partial charge in [-0.3, -0.25) is 0 Å². The Kier molecular flexibility index (Phi) is 5.77. The lowest BCUT2D eigenvalue weighted by Crippen LogP contribution is -2.37. The van der Waals surface area contributed by atoms with Crippen molar-refractivity contribution in [2.45, 2.75) is 12.8 Å². The second-order valence-electron chi connectivity index (χ2n) is 5.61. The molecule has 1 fully saturated rings. The van der Waals surface area contributed by atoms with Crippen LogP contribution in [0.1, 0.15) is 12.0 Å². The van der Waals surface area contributed by atoms with Crippen LogP contribution in [0, 0.1) is 17.2 Å². The van der Waals surface area contributed by atoms with Crippen molar-refractivity contribution in [3.05, 3.63) is 34.6 Å². The monoisotopic (exact) mass is 460 g/mol. The van der Waals surface area contributed by atoms with E-state index in [0.717, 1.165) is 0 Å². The van der Waals surface area contributed by atoms with E-state index in [1.807, 2.05) is 0 Å². The van der Waals surface area contributed by atoms with Gasteiger partial charge in [0.1, 0.15) is 5.82 Å². The Morgan fingerprint density at radius 1 is 1.33 bits per heavy atom. The van der Waals surface area contributed by atoms with Crippen molar-refractivity contribution < 1.29 is 12.8 Å². The van der Waals surface area contributed by atoms with Gasteiger partial charge in [-0.25, -0.2) is 12.8 Å². The maximum Gasteiger partial charge on any atom is 0.150 e. The Morgan fingerprint density at radius 3 is 2.48 bits per heavy atom. The molecule has 0 saturated carbocycles. The maximum absolute atomic E-state index is 14.1. The Labute approximate surface area is 146 Å². The number of sulfone groups is 1. The minimum absolute atomic E-state index is 0.00285. The Morgan fingerprint density at radius 2 is 2.00 bits per heavy atom. The SMILES string of the molecule is O=S1(=O)CCC(C(CBr)(CBr)Cc2c(F)cccc2Cl)C1. The molecular weight excluding hydrogens is 446 g/mol. The van der Waals surface area contributed by atoms with E-state index in [-0.39, 0.29) is 28.7 Å². The van der Waals surface area contributed by atoms with Gasteiger partial charge in [-0.05, 0) is 36.3 Å². The van der Waals surface area contributed by atoms with E-state index in [1.165, 1.54) is 6.07 Å². The van der Waals surface area contributed by atoms with E-state index in [0.29, 0.717) is 34.1 Å². The first-order valence-corrected chi connectivity index (χ1v) is 11.0. The topological polar surface area (TPSA) is 34.1 Å². The van der Waals surface area contributed by atoms with E-state index in [4.69, 9.17) is 11.6 Å². The summed E-state index contributed by atoms with van der Waals surface area (Å²) >= 11 is 13.1. The molecule has 1 atom stereocenters. The molecule has 0 bridgehead atoms. The molecule has 1 aromatic carbocycles. The molecule has 1 saturated heterocycles. The fourth-order valence-corrected chi connectivity index (χ4v) is 7.24. The molecular formula is C14H16Br2ClFO2S. The Hall–Kier alpha value is 0.350. The Balaban J connectivity index is 2.35. The third-order valence-electron chi connectivity index (χ3n) is 4.22. The van der Waals surface area contributed by atoms with E-state index >= 15 is 0 Å². The molecule has 0 aliphatic carbocycles. The van der Waals surface area contributed by atoms with E-state index in [2.05, 4.69) is 31.9 Å². The van der Waals surface area contributed by atoms with Crippen molar-refractivity contribution >= 4 is 53.3 Å². The third kappa shape index (κ3) is 3.82. The fraction of sp³-hybridized carbons (Fsp3) is 0.571. The van der Waals surface area contributed by atoms with Crippen LogP contribution in [-0.2, 0) is 16.3 Å². The van der Waals surface area contributed by atoms with Crippen LogP contribution in [0.15, 0.2) is 18.2 Å². The first-order chi connectivity index (χ1) is 9.83. The predicted molar refractivity (Wildman–Crippen MR) is 91.9 cm³/mol. The molecule has 21 heavy (non-hydrogen) atoms. The molecule has 0 spiro atoms. The molecule has 0 aromatic heterocycles. The zero-order valence-corrected chi connectivity index (χ0v) is 16.0. The summed E-state index contributed by atoms with van der Waals surface area (Å²) in [7, 11) is -2.98. The first-order valence-electron chi connectivity index (χ1n) is 6.59. The van der Waals surface area contributed by atoms with Crippen molar-refractivity contribution in [2.24, 2.45) is 11.3 Å². The van der Waals surface area contributed by atoms with Crippen LogP contribution in [0.4, 0.5) is 4.39 Å². The summed E-state index contributed by atoms with van der Waals surface area (Å²) in [5.41, 5.74) is 0.0949. The predicted octanol–water partition coefficient (Wildman–Crippen LogP) is 4.23. The summed E-state index contributed by atoms with van der Waals surface area (Å²) in [6.07, 6.45) is 1.03. The van der Waals surface area contributed by atoms with Crippen LogP contribution >= 0.6 is 43.5 Å². The molecule has 2 rings (SSSR count). The molecule has 0 radical (unpaired) electrons. The minimum Gasteiger partial charge on any atom is -0.229 e. The van der Waals surface area contributed by atoms with Gasteiger partial charge in [0.25, 0.3) is 0 Å². The van der Waals surface area contributed by atoms with Crippen molar-refractivity contribution in [2.75, 3.05) is 22.2 Å². The van der Waals surface area contributed by atoms with Crippen molar-refractivity contribution in [3.8, 4) is 0 Å². The summed E-state index contributed by atoms with van der Waals surface area (Å²) in [5.74, 6) is 0.0345. The highest BCUT2D eigenvalue weighted by Crippen LogP contribution is 2.43. The average molecular weight is 463 g/mol. The molecule has 1 heterocycles. The zero-order chi connectivity index (χ0) is 15.7. The number of alkyl halides is 2. The molecule has 0 amide bonds. The number of benzene rings is 1. The molecule has 1 aliphatic rings. The van der Waals surface area contributed by atoms with E-state index in [9.17, 15) is 12.8 Å². The maximum atomic E-state index is 14.1. The van der Waals surface area contributed by atoms with Crippen LogP contribution in [-0.4, -0.2) is 30.6 Å². The van der Waals surface area contributed by atoms with Gasteiger partial charge in [0.05, 0.1) is 11.5 Å². The summed E-state index contributed by atoms with van der Waals surface area (Å²) < 4.78 is 37.6. The Bertz CT molecular complexity index is 597. The van der Waals surface area contributed by atoms with Gasteiger partial charge in [0.2, 0.25) is 0 Å². The average Bonchev–Trinajstić information content (AvgIpc) is 2.80. The summed E-state index contributed by atoms with van der Waals surface area (Å²) in [5, 5.41) is 1.58. The lowest BCUT2D eigenvalue weighted by molar-refractivity contribution is 0.250. The number of rotatable bonds is 5. The summed E-state index contributed by atoms with van der Waals surface area (Å²) in [6.45, 7) is 0. The van der Waals surface area contributed by atoms with Crippen LogP contribution in [0.5, 0.6) is 0 Å². The number of halogens is 4. The smallest absolute Gasteiger partial charge is 0.150 e. The normalized spacial score (nSPS) is 21.6. The van der Waals surface area contributed by atoms with Crippen molar-refractivity contribution in [3.63, 3.8) is 0 Å². The second-order valence-corrected chi connectivity index (χ2v) is 9.36. The number of hydrogen-bond donors (Lipinski definition) is 0. The van der Waals surface area contributed by atoms with Gasteiger partial charge in [-0.1, -0.05) is 49.5 Å². The van der Waals surface area contributed by atoms with Crippen LogP contribution in [0.25, 0.3) is 0 Å². The van der Waals surface area contributed by atoms with E-state index < -0.39 is 9.84 Å². The standard InChI is InChI=1S/C14H16Br2ClFO2S/c15-8-14(9-16,10-4-5-21(19,20)7-10)6-11-12(17)2-1-3-13(11)18/h1-3,10H,4-9H2. The van der Waals surface area contributed by atoms with Crippen LogP contribution < -0.4 is 0 Å². The van der Waals surface area contributed by atoms with Crippen LogP contribution in [0.3, 0.4) is 0 Å². The number of hydrogen-bond acceptors (Lipinski definition) is 2. The lowest BCUT2D eigenvalue weighted by atomic mass is 9.74. The van der Waals surface area contributed by atoms with Gasteiger partial charge in [-0.2, -0.15) is 0 Å². The highest BCUT2D eigenvalue weighted by molar-refractivity contribution is 9.09. The molecule has 0 N–H and O–H groups in total. The quantitative estimate of drug-likeness (QED) is 0.614. The van der Waals surface area contributed by atoms with Gasteiger partial charge < -0.3 is 0 Å². The van der Waals surface area contributed by atoms with Gasteiger partial charge in [0, 0.05) is 21.2 Å². The molecule has 1 unspecified atom stereocenters. The van der Waals surface area contributed by atoms with Gasteiger partial charge in [-0.15, -0.1) is 0 Å². The van der Waals surface area contributed by atoms with E-state index in [1.54, 1.807) is 12.1 Å². The largest absolute Gasteiger partial charge is 0.229 e. The minimum atomic E-state index is -2.98. The third-order valence-corrected chi connectivity index (χ3v) is 8.58. The van der Waals surface area contributed by atoms with Crippen molar-refractivity contribution in [1.29, 1.82) is 0 Å². The highest BCUT2D eigenvalue weighted by Gasteiger charge is 2.44. The van der Waals surface area contributed by atoms with Crippen LogP contribution in [0.2, 0.25) is 5.02 Å². The highest BCUT2D eigenvalue weighted by atomic mass is 79.9.